The summed E-state index contributed by atoms with van der Waals surface area (Å²) >= 11 is 6.35. The average molecular weight is 370 g/mol. The molecule has 0 atom stereocenters. The first-order chi connectivity index (χ1) is 12.7. The minimum Gasteiger partial charge on any atom is -0.395 e. The number of rotatable bonds is 3. The van der Waals surface area contributed by atoms with E-state index in [1.165, 1.54) is 0 Å². The zero-order valence-electron chi connectivity index (χ0n) is 15.0. The van der Waals surface area contributed by atoms with Crippen LogP contribution >= 0.6 is 11.6 Å². The number of β-amino-alcohol motifs (C(OH)–C–C–N with tert-alkyl or cyclic N) is 1. The summed E-state index contributed by atoms with van der Waals surface area (Å²) in [4.78, 5) is 9.65. The Bertz CT molecular complexity index is 828. The van der Waals surface area contributed by atoms with E-state index in [0.29, 0.717) is 5.92 Å². The molecule has 2 heterocycles. The van der Waals surface area contributed by atoms with Crippen LogP contribution in [0.3, 0.4) is 0 Å². The van der Waals surface area contributed by atoms with Gasteiger partial charge in [0.05, 0.1) is 29.4 Å². The predicted molar refractivity (Wildman–Crippen MR) is 108 cm³/mol. The Morgan fingerprint density at radius 1 is 1.12 bits per heavy atom. The summed E-state index contributed by atoms with van der Waals surface area (Å²) in [5.74, 6) is 0.404. The van der Waals surface area contributed by atoms with E-state index in [-0.39, 0.29) is 6.61 Å². The van der Waals surface area contributed by atoms with Gasteiger partial charge in [0.15, 0.2) is 0 Å². The van der Waals surface area contributed by atoms with E-state index < -0.39 is 0 Å². The second kappa shape index (κ2) is 7.39. The van der Waals surface area contributed by atoms with Crippen molar-refractivity contribution in [3.63, 3.8) is 0 Å². The van der Waals surface area contributed by atoms with Crippen LogP contribution in [0.5, 0.6) is 0 Å². The van der Waals surface area contributed by atoms with Gasteiger partial charge >= 0.3 is 0 Å². The number of para-hydroxylation sites is 2. The van der Waals surface area contributed by atoms with E-state index in [1.54, 1.807) is 0 Å². The maximum atomic E-state index is 9.18. The summed E-state index contributed by atoms with van der Waals surface area (Å²) in [6.45, 7) is 2.98. The fourth-order valence-electron chi connectivity index (χ4n) is 4.05. The monoisotopic (exact) mass is 369 g/mol. The first-order valence-corrected chi connectivity index (χ1v) is 9.59. The molecule has 0 aromatic heterocycles. The predicted octanol–water partition coefficient (Wildman–Crippen LogP) is 4.25. The van der Waals surface area contributed by atoms with E-state index in [4.69, 9.17) is 16.6 Å². The zero-order chi connectivity index (χ0) is 18.1. The van der Waals surface area contributed by atoms with Crippen molar-refractivity contribution in [3.05, 3.63) is 53.1 Å². The number of benzene rings is 2. The smallest absolute Gasteiger partial charge is 0.0870 e. The van der Waals surface area contributed by atoms with Crippen molar-refractivity contribution in [1.29, 1.82) is 0 Å². The molecular weight excluding hydrogens is 346 g/mol. The van der Waals surface area contributed by atoms with Crippen molar-refractivity contribution in [1.82, 2.24) is 4.90 Å². The highest BCUT2D eigenvalue weighted by Crippen LogP contribution is 2.41. The van der Waals surface area contributed by atoms with Gasteiger partial charge in [-0.1, -0.05) is 23.7 Å². The summed E-state index contributed by atoms with van der Waals surface area (Å²) in [6.07, 6.45) is 2.10. The van der Waals surface area contributed by atoms with Crippen LogP contribution in [0.1, 0.15) is 18.4 Å². The maximum absolute atomic E-state index is 9.18. The summed E-state index contributed by atoms with van der Waals surface area (Å²) in [6, 6.07) is 14.4. The number of likely N-dealkylation sites (tertiary alicyclic amines) is 1. The van der Waals surface area contributed by atoms with E-state index in [9.17, 15) is 5.11 Å². The minimum atomic E-state index is 0.224. The molecule has 2 aromatic rings. The fraction of sp³-hybridized carbons (Fsp3) is 0.381. The molecule has 1 saturated heterocycles. The molecule has 136 valence electrons. The van der Waals surface area contributed by atoms with Gasteiger partial charge in [-0.15, -0.1) is 0 Å². The van der Waals surface area contributed by atoms with Crippen molar-refractivity contribution >= 4 is 34.4 Å². The van der Waals surface area contributed by atoms with E-state index in [1.807, 2.05) is 12.1 Å². The van der Waals surface area contributed by atoms with Gasteiger partial charge in [0, 0.05) is 30.1 Å². The average Bonchev–Trinajstić information content (AvgIpc) is 2.78. The zero-order valence-corrected chi connectivity index (χ0v) is 15.8. The summed E-state index contributed by atoms with van der Waals surface area (Å²) in [5.41, 5.74) is 5.55. The molecule has 1 fully saturated rings. The highest BCUT2D eigenvalue weighted by Gasteiger charge is 2.29. The lowest BCUT2D eigenvalue weighted by Crippen LogP contribution is -2.38. The first-order valence-electron chi connectivity index (χ1n) is 9.22. The van der Waals surface area contributed by atoms with Crippen LogP contribution in [0, 0.1) is 5.92 Å². The summed E-state index contributed by atoms with van der Waals surface area (Å²) in [7, 11) is 2.09. The van der Waals surface area contributed by atoms with Crippen LogP contribution in [0.15, 0.2) is 47.5 Å². The molecule has 2 aliphatic heterocycles. The molecule has 5 heteroatoms. The lowest BCUT2D eigenvalue weighted by molar-refractivity contribution is 0.162. The van der Waals surface area contributed by atoms with Crippen LogP contribution in [0.2, 0.25) is 5.02 Å². The molecule has 2 aliphatic rings. The SMILES string of the molecule is CN1c2ccccc2N=C(C2CCN(CCO)CC2)c2cc(Cl)ccc21. The van der Waals surface area contributed by atoms with Crippen molar-refractivity contribution < 1.29 is 5.11 Å². The Kier molecular flexibility index (Phi) is 4.98. The Balaban J connectivity index is 1.76. The Morgan fingerprint density at radius 2 is 1.88 bits per heavy atom. The van der Waals surface area contributed by atoms with Crippen molar-refractivity contribution in [2.75, 3.05) is 38.2 Å². The third kappa shape index (κ3) is 3.25. The highest BCUT2D eigenvalue weighted by atomic mass is 35.5. The normalized spacial score (nSPS) is 18.1. The van der Waals surface area contributed by atoms with E-state index in [2.05, 4.69) is 47.2 Å². The first kappa shape index (κ1) is 17.5. The number of fused-ring (bicyclic) bond motifs is 2. The summed E-state index contributed by atoms with van der Waals surface area (Å²) in [5, 5.41) is 9.93. The van der Waals surface area contributed by atoms with Gasteiger partial charge in [-0.2, -0.15) is 0 Å². The lowest BCUT2D eigenvalue weighted by Gasteiger charge is -2.32. The number of piperidine rings is 1. The van der Waals surface area contributed by atoms with Crippen LogP contribution in [-0.4, -0.2) is 49.0 Å². The fourth-order valence-corrected chi connectivity index (χ4v) is 4.22. The number of aliphatic hydroxyl groups excluding tert-OH is 1. The van der Waals surface area contributed by atoms with Crippen molar-refractivity contribution in [3.8, 4) is 0 Å². The van der Waals surface area contributed by atoms with Crippen LogP contribution in [0.25, 0.3) is 0 Å². The number of aliphatic imine (C=N–C) groups is 1. The van der Waals surface area contributed by atoms with Gasteiger partial charge in [-0.25, -0.2) is 0 Å². The molecular formula is C21H24ClN3O. The molecule has 0 amide bonds. The molecule has 4 rings (SSSR count). The van der Waals surface area contributed by atoms with Gasteiger partial charge in [0.1, 0.15) is 0 Å². The number of halogens is 1. The van der Waals surface area contributed by atoms with Gasteiger partial charge in [0.25, 0.3) is 0 Å². The molecule has 0 bridgehead atoms. The Labute approximate surface area is 159 Å². The summed E-state index contributed by atoms with van der Waals surface area (Å²) < 4.78 is 0. The van der Waals surface area contributed by atoms with Crippen LogP contribution < -0.4 is 4.90 Å². The van der Waals surface area contributed by atoms with Gasteiger partial charge in [-0.05, 0) is 56.3 Å². The highest BCUT2D eigenvalue weighted by molar-refractivity contribution is 6.31. The minimum absolute atomic E-state index is 0.224. The topological polar surface area (TPSA) is 39.1 Å². The van der Waals surface area contributed by atoms with Gasteiger partial charge in [0.2, 0.25) is 0 Å². The molecule has 0 unspecified atom stereocenters. The molecule has 0 saturated carbocycles. The van der Waals surface area contributed by atoms with E-state index in [0.717, 1.165) is 65.8 Å². The molecule has 1 N–H and O–H groups in total. The Hall–Kier alpha value is -1.88. The molecule has 26 heavy (non-hydrogen) atoms. The van der Waals surface area contributed by atoms with Crippen molar-refractivity contribution in [2.24, 2.45) is 10.9 Å². The van der Waals surface area contributed by atoms with Crippen LogP contribution in [0.4, 0.5) is 17.1 Å². The molecule has 2 aromatic carbocycles. The number of hydrogen-bond donors (Lipinski definition) is 1. The number of hydrogen-bond acceptors (Lipinski definition) is 4. The number of anilines is 2. The maximum Gasteiger partial charge on any atom is 0.0870 e. The Morgan fingerprint density at radius 3 is 2.65 bits per heavy atom. The third-order valence-electron chi connectivity index (χ3n) is 5.47. The molecule has 4 nitrogen and oxygen atoms in total. The molecule has 0 spiro atoms. The number of nitrogens with zero attached hydrogens (tertiary/aromatic N) is 3. The van der Waals surface area contributed by atoms with Gasteiger partial charge < -0.3 is 14.9 Å². The number of aliphatic hydroxyl groups is 1. The quantitative estimate of drug-likeness (QED) is 0.879. The van der Waals surface area contributed by atoms with E-state index >= 15 is 0 Å². The molecule has 0 aliphatic carbocycles. The second-order valence-electron chi connectivity index (χ2n) is 7.05. The third-order valence-corrected chi connectivity index (χ3v) is 5.71. The molecule has 0 radical (unpaired) electrons. The largest absolute Gasteiger partial charge is 0.395 e. The second-order valence-corrected chi connectivity index (χ2v) is 7.48. The van der Waals surface area contributed by atoms with Gasteiger partial charge in [-0.3, -0.25) is 4.99 Å². The lowest BCUT2D eigenvalue weighted by atomic mass is 9.87. The van der Waals surface area contributed by atoms with Crippen molar-refractivity contribution in [2.45, 2.75) is 12.8 Å². The standard InChI is InChI=1S/C21H24ClN3O/c1-24-19-7-6-16(22)14-17(19)21(23-18-4-2-3-5-20(18)24)15-8-10-25(11-9-15)12-13-26/h2-7,14-15,26H,8-13H2,1H3. The van der Waals surface area contributed by atoms with Crippen LogP contribution in [-0.2, 0) is 0 Å².